The summed E-state index contributed by atoms with van der Waals surface area (Å²) < 4.78 is 0. The molecule has 0 saturated carbocycles. The average Bonchev–Trinajstić information content (AvgIpc) is 2.59. The van der Waals surface area contributed by atoms with Gasteiger partial charge in [-0.2, -0.15) is 4.99 Å². The molecule has 0 amide bonds. The highest BCUT2D eigenvalue weighted by Crippen LogP contribution is 2.08. The Balaban J connectivity index is 0.00000576. The Morgan fingerprint density at radius 2 is 1.60 bits per heavy atom. The number of hydrogen-bond donors (Lipinski definition) is 2. The Labute approximate surface area is 159 Å². The number of unbranched alkanes of at least 4 members (excludes halogenated alkanes) is 5. The third kappa shape index (κ3) is 10.7. The number of hydrogen-bond acceptors (Lipinski definition) is 1. The minimum Gasteiger partial charge on any atom is -0.370 e. The maximum Gasteiger partial charge on any atom is 0.224 e. The van der Waals surface area contributed by atoms with E-state index in [1.165, 1.54) is 32.1 Å². The number of benzene rings is 1. The average molecular weight is 368 g/mol. The lowest BCUT2D eigenvalue weighted by Crippen LogP contribution is -2.34. The van der Waals surface area contributed by atoms with Crippen LogP contribution >= 0.6 is 12.4 Å². The molecule has 0 heterocycles. The Bertz CT molecular complexity index is 498. The van der Waals surface area contributed by atoms with Crippen molar-refractivity contribution in [1.29, 1.82) is 0 Å². The minimum absolute atomic E-state index is 0. The molecule has 0 saturated heterocycles. The predicted molar refractivity (Wildman–Crippen MR) is 111 cm³/mol. The summed E-state index contributed by atoms with van der Waals surface area (Å²) in [4.78, 5) is 11.0. The van der Waals surface area contributed by atoms with Gasteiger partial charge in [-0.1, -0.05) is 69.4 Å². The molecule has 0 bridgehead atoms. The Morgan fingerprint density at radius 3 is 2.20 bits per heavy atom. The smallest absolute Gasteiger partial charge is 0.224 e. The monoisotopic (exact) mass is 367 g/mol. The third-order valence-electron chi connectivity index (χ3n) is 3.92. The van der Waals surface area contributed by atoms with Crippen molar-refractivity contribution in [3.8, 4) is 0 Å². The summed E-state index contributed by atoms with van der Waals surface area (Å²) in [5.74, 6) is 0.693. The lowest BCUT2D eigenvalue weighted by molar-refractivity contribution is 0.412. The van der Waals surface area contributed by atoms with Crippen molar-refractivity contribution < 1.29 is 0 Å². The van der Waals surface area contributed by atoms with Gasteiger partial charge in [0.05, 0.1) is 6.54 Å². The maximum atomic E-state index is 5.58. The summed E-state index contributed by atoms with van der Waals surface area (Å²) in [6, 6.07) is 10.1. The number of halogens is 1. The van der Waals surface area contributed by atoms with Crippen LogP contribution in [0.3, 0.4) is 0 Å². The van der Waals surface area contributed by atoms with Gasteiger partial charge in [0.25, 0.3) is 0 Å². The van der Waals surface area contributed by atoms with Gasteiger partial charge < -0.3 is 16.4 Å². The van der Waals surface area contributed by atoms with Crippen molar-refractivity contribution in [1.82, 2.24) is 4.90 Å². The van der Waals surface area contributed by atoms with Gasteiger partial charge in [0.15, 0.2) is 5.96 Å². The number of rotatable bonds is 10. The zero-order valence-corrected chi connectivity index (χ0v) is 16.5. The first-order valence-electron chi connectivity index (χ1n) is 9.10. The van der Waals surface area contributed by atoms with Gasteiger partial charge in [-0.25, -0.2) is 4.99 Å². The van der Waals surface area contributed by atoms with E-state index in [2.05, 4.69) is 40.9 Å². The first-order valence-corrected chi connectivity index (χ1v) is 9.10. The van der Waals surface area contributed by atoms with E-state index in [4.69, 9.17) is 11.5 Å². The van der Waals surface area contributed by atoms with E-state index in [1.807, 2.05) is 18.2 Å². The van der Waals surface area contributed by atoms with E-state index in [0.29, 0.717) is 12.5 Å². The van der Waals surface area contributed by atoms with E-state index in [0.717, 1.165) is 25.1 Å². The van der Waals surface area contributed by atoms with Crippen LogP contribution in [-0.4, -0.2) is 29.9 Å². The summed E-state index contributed by atoms with van der Waals surface area (Å²) in [5, 5.41) is 0. The quantitative estimate of drug-likeness (QED) is 0.373. The third-order valence-corrected chi connectivity index (χ3v) is 3.92. The van der Waals surface area contributed by atoms with Gasteiger partial charge >= 0.3 is 0 Å². The van der Waals surface area contributed by atoms with Crippen LogP contribution in [0.1, 0.15) is 57.9 Å². The van der Waals surface area contributed by atoms with E-state index >= 15 is 0 Å². The molecule has 0 fully saturated rings. The number of aliphatic imine (C=N–C) groups is 2. The van der Waals surface area contributed by atoms with Crippen molar-refractivity contribution in [3.05, 3.63) is 35.9 Å². The Morgan fingerprint density at radius 1 is 0.960 bits per heavy atom. The minimum atomic E-state index is 0. The largest absolute Gasteiger partial charge is 0.370 e. The first-order chi connectivity index (χ1) is 11.7. The van der Waals surface area contributed by atoms with Crippen molar-refractivity contribution >= 4 is 24.3 Å². The van der Waals surface area contributed by atoms with Crippen molar-refractivity contribution in [2.75, 3.05) is 13.1 Å². The number of nitrogens with zero attached hydrogens (tertiary/aromatic N) is 3. The topological polar surface area (TPSA) is 80.0 Å². The molecule has 0 atom stereocenters. The second kappa shape index (κ2) is 14.6. The molecule has 0 unspecified atom stereocenters. The van der Waals surface area contributed by atoms with Crippen LogP contribution in [-0.2, 0) is 6.54 Å². The summed E-state index contributed by atoms with van der Waals surface area (Å²) >= 11 is 0. The standard InChI is InChI=1S/C19H33N5.ClH/c1-3-5-6-7-8-12-15-24(4-2)19(23-18(20)21)22-16-17-13-10-9-11-14-17;/h9-11,13-14H,3-8,12,15-16H2,1-2H3,(H4,20,21,22,23);1H. The van der Waals surface area contributed by atoms with E-state index < -0.39 is 0 Å². The van der Waals surface area contributed by atoms with Crippen LogP contribution in [0.5, 0.6) is 0 Å². The van der Waals surface area contributed by atoms with E-state index in [9.17, 15) is 0 Å². The highest BCUT2D eigenvalue weighted by molar-refractivity contribution is 5.93. The van der Waals surface area contributed by atoms with E-state index in [1.54, 1.807) is 0 Å². The highest BCUT2D eigenvalue weighted by Gasteiger charge is 2.09. The summed E-state index contributed by atoms with van der Waals surface area (Å²) in [5.41, 5.74) is 12.3. The second-order valence-corrected chi connectivity index (χ2v) is 5.99. The first kappa shape index (κ1) is 23.2. The molecule has 1 rings (SSSR count). The second-order valence-electron chi connectivity index (χ2n) is 5.99. The van der Waals surface area contributed by atoms with Gasteiger partial charge in [0, 0.05) is 13.1 Å². The van der Waals surface area contributed by atoms with Crippen LogP contribution < -0.4 is 11.5 Å². The van der Waals surface area contributed by atoms with Crippen LogP contribution in [0, 0.1) is 0 Å². The fraction of sp³-hybridized carbons (Fsp3) is 0.579. The maximum absolute atomic E-state index is 5.58. The normalized spacial score (nSPS) is 10.9. The molecule has 0 radical (unpaired) electrons. The van der Waals surface area contributed by atoms with Gasteiger partial charge in [-0.05, 0) is 18.9 Å². The van der Waals surface area contributed by atoms with Gasteiger partial charge in [0.2, 0.25) is 5.96 Å². The molecule has 0 aliphatic heterocycles. The summed E-state index contributed by atoms with van der Waals surface area (Å²) in [7, 11) is 0. The highest BCUT2D eigenvalue weighted by atomic mass is 35.5. The van der Waals surface area contributed by atoms with E-state index in [-0.39, 0.29) is 18.4 Å². The molecular formula is C19H34ClN5. The van der Waals surface area contributed by atoms with Crippen LogP contribution in [0.15, 0.2) is 40.3 Å². The van der Waals surface area contributed by atoms with Crippen LogP contribution in [0.4, 0.5) is 0 Å². The van der Waals surface area contributed by atoms with Crippen molar-refractivity contribution in [2.24, 2.45) is 21.5 Å². The van der Waals surface area contributed by atoms with Gasteiger partial charge in [-0.15, -0.1) is 12.4 Å². The Hall–Kier alpha value is -1.75. The fourth-order valence-corrected chi connectivity index (χ4v) is 2.55. The zero-order chi connectivity index (χ0) is 17.6. The molecule has 0 spiro atoms. The van der Waals surface area contributed by atoms with Crippen molar-refractivity contribution in [2.45, 2.75) is 58.9 Å². The van der Waals surface area contributed by atoms with Gasteiger partial charge in [0.1, 0.15) is 0 Å². The fourth-order valence-electron chi connectivity index (χ4n) is 2.55. The molecule has 0 aliphatic carbocycles. The van der Waals surface area contributed by atoms with Gasteiger partial charge in [-0.3, -0.25) is 0 Å². The lowest BCUT2D eigenvalue weighted by Gasteiger charge is -2.22. The molecule has 1 aromatic rings. The Kier molecular flexibility index (Phi) is 13.6. The summed E-state index contributed by atoms with van der Waals surface area (Å²) in [6.07, 6.45) is 7.61. The van der Waals surface area contributed by atoms with Crippen LogP contribution in [0.2, 0.25) is 0 Å². The lowest BCUT2D eigenvalue weighted by atomic mass is 10.1. The molecule has 1 aromatic carbocycles. The van der Waals surface area contributed by atoms with Crippen molar-refractivity contribution in [3.63, 3.8) is 0 Å². The SMILES string of the molecule is CCCCCCCCN(CC)C(N=C(N)N)=NCc1ccccc1.Cl. The number of nitrogens with two attached hydrogens (primary N) is 2. The molecule has 0 aliphatic rings. The molecule has 4 N–H and O–H groups in total. The molecule has 0 aromatic heterocycles. The number of guanidine groups is 2. The van der Waals surface area contributed by atoms with Crippen LogP contribution in [0.25, 0.3) is 0 Å². The molecule has 5 nitrogen and oxygen atoms in total. The summed E-state index contributed by atoms with van der Waals surface area (Å²) in [6.45, 7) is 6.72. The predicted octanol–water partition coefficient (Wildman–Crippen LogP) is 3.92. The molecule has 142 valence electrons. The molecular weight excluding hydrogens is 334 g/mol. The molecule has 6 heteroatoms. The molecule has 25 heavy (non-hydrogen) atoms. The zero-order valence-electron chi connectivity index (χ0n) is 15.7.